The Morgan fingerprint density at radius 1 is 1.33 bits per heavy atom. The molecule has 0 radical (unpaired) electrons. The molecule has 1 aromatic carbocycles. The van der Waals surface area contributed by atoms with Crippen LogP contribution in [0.15, 0.2) is 24.3 Å². The summed E-state index contributed by atoms with van der Waals surface area (Å²) >= 11 is 0. The third kappa shape index (κ3) is 3.22. The summed E-state index contributed by atoms with van der Waals surface area (Å²) in [6.07, 6.45) is 6.01. The molecule has 0 aromatic heterocycles. The van der Waals surface area contributed by atoms with E-state index < -0.39 is 0 Å². The molecule has 1 saturated carbocycles. The molecule has 5 heteroatoms. The van der Waals surface area contributed by atoms with Crippen LogP contribution in [0.25, 0.3) is 0 Å². The number of ether oxygens (including phenoxy) is 2. The van der Waals surface area contributed by atoms with Crippen molar-refractivity contribution in [3.63, 3.8) is 0 Å². The summed E-state index contributed by atoms with van der Waals surface area (Å²) in [6, 6.07) is 8.04. The van der Waals surface area contributed by atoms with Crippen molar-refractivity contribution in [3.05, 3.63) is 29.8 Å². The van der Waals surface area contributed by atoms with E-state index in [9.17, 15) is 4.79 Å². The van der Waals surface area contributed by atoms with Gasteiger partial charge in [-0.3, -0.25) is 0 Å². The van der Waals surface area contributed by atoms with Crippen LogP contribution in [0, 0.1) is 5.41 Å². The van der Waals surface area contributed by atoms with Crippen molar-refractivity contribution in [2.24, 2.45) is 5.41 Å². The molecular formula is C19H26N2O3. The van der Waals surface area contributed by atoms with Gasteiger partial charge in [0.2, 0.25) is 0 Å². The number of urea groups is 1. The highest BCUT2D eigenvalue weighted by molar-refractivity contribution is 5.74. The summed E-state index contributed by atoms with van der Waals surface area (Å²) in [5, 5.41) is 3.06. The van der Waals surface area contributed by atoms with Crippen LogP contribution in [0.2, 0.25) is 0 Å². The first-order valence-electron chi connectivity index (χ1n) is 9.09. The van der Waals surface area contributed by atoms with Crippen LogP contribution in [-0.4, -0.2) is 43.3 Å². The second-order valence-electron chi connectivity index (χ2n) is 7.41. The maximum absolute atomic E-state index is 12.5. The molecule has 0 bridgehead atoms. The van der Waals surface area contributed by atoms with E-state index in [1.807, 2.05) is 29.2 Å². The SMILES string of the molecule is O=C(NCc1ccccc1OC1CCC1)N1CC[C@@]2(CCOC2)C1. The van der Waals surface area contributed by atoms with Crippen molar-refractivity contribution in [3.8, 4) is 5.75 Å². The fourth-order valence-corrected chi connectivity index (χ4v) is 3.80. The standard InChI is InChI=1S/C19H26N2O3/c22-18(21-10-8-19(13-21)9-11-23-14-19)20-12-15-4-1-2-7-17(15)24-16-5-3-6-16/h1-2,4,7,16H,3,5-6,8-14H2,(H,20,22)/t19-/m1/s1. The smallest absolute Gasteiger partial charge is 0.317 e. The maximum Gasteiger partial charge on any atom is 0.317 e. The average Bonchev–Trinajstić information content (AvgIpc) is 3.20. The second kappa shape index (κ2) is 6.63. The molecule has 1 N–H and O–H groups in total. The molecule has 130 valence electrons. The summed E-state index contributed by atoms with van der Waals surface area (Å²) in [6.45, 7) is 3.80. The zero-order chi connectivity index (χ0) is 16.4. The van der Waals surface area contributed by atoms with Crippen LogP contribution < -0.4 is 10.1 Å². The fourth-order valence-electron chi connectivity index (χ4n) is 3.80. The molecule has 0 unspecified atom stereocenters. The summed E-state index contributed by atoms with van der Waals surface area (Å²) < 4.78 is 11.6. The highest BCUT2D eigenvalue weighted by Crippen LogP contribution is 2.38. The zero-order valence-electron chi connectivity index (χ0n) is 14.1. The number of carbonyl (C=O) groups excluding carboxylic acids is 1. The first kappa shape index (κ1) is 15.8. The van der Waals surface area contributed by atoms with Gasteiger partial charge in [-0.25, -0.2) is 4.79 Å². The van der Waals surface area contributed by atoms with Gasteiger partial charge >= 0.3 is 6.03 Å². The molecule has 1 spiro atoms. The Kier molecular flexibility index (Phi) is 4.35. The maximum atomic E-state index is 12.5. The quantitative estimate of drug-likeness (QED) is 0.923. The molecule has 2 aliphatic heterocycles. The highest BCUT2D eigenvalue weighted by Gasteiger charge is 2.42. The Morgan fingerprint density at radius 2 is 2.21 bits per heavy atom. The van der Waals surface area contributed by atoms with E-state index in [4.69, 9.17) is 9.47 Å². The molecule has 5 nitrogen and oxygen atoms in total. The lowest BCUT2D eigenvalue weighted by atomic mass is 9.87. The Labute approximate surface area is 143 Å². The molecule has 3 aliphatic rings. The van der Waals surface area contributed by atoms with Crippen molar-refractivity contribution in [1.29, 1.82) is 0 Å². The number of hydrogen-bond donors (Lipinski definition) is 1. The molecule has 2 saturated heterocycles. The number of amides is 2. The van der Waals surface area contributed by atoms with Crippen LogP contribution in [-0.2, 0) is 11.3 Å². The average molecular weight is 330 g/mol. The van der Waals surface area contributed by atoms with E-state index in [2.05, 4.69) is 5.32 Å². The summed E-state index contributed by atoms with van der Waals surface area (Å²) in [7, 11) is 0. The number of rotatable bonds is 4. The first-order chi connectivity index (χ1) is 11.7. The largest absolute Gasteiger partial charge is 0.490 e. The first-order valence-corrected chi connectivity index (χ1v) is 9.09. The van der Waals surface area contributed by atoms with Gasteiger partial charge in [0, 0.05) is 37.2 Å². The Bertz CT molecular complexity index is 594. The van der Waals surface area contributed by atoms with Crippen molar-refractivity contribution in [2.75, 3.05) is 26.3 Å². The van der Waals surface area contributed by atoms with Crippen molar-refractivity contribution < 1.29 is 14.3 Å². The molecule has 1 aromatic rings. The van der Waals surface area contributed by atoms with Gasteiger partial charge in [-0.1, -0.05) is 18.2 Å². The lowest BCUT2D eigenvalue weighted by molar-refractivity contribution is 0.119. The number of carbonyl (C=O) groups is 1. The number of para-hydroxylation sites is 1. The molecule has 4 rings (SSSR count). The minimum absolute atomic E-state index is 0.0252. The predicted molar refractivity (Wildman–Crippen MR) is 91.0 cm³/mol. The minimum atomic E-state index is 0.0252. The fraction of sp³-hybridized carbons (Fsp3) is 0.632. The van der Waals surface area contributed by atoms with Gasteiger partial charge in [-0.15, -0.1) is 0 Å². The number of hydrogen-bond acceptors (Lipinski definition) is 3. The van der Waals surface area contributed by atoms with Crippen molar-refractivity contribution >= 4 is 6.03 Å². The van der Waals surface area contributed by atoms with E-state index in [-0.39, 0.29) is 11.4 Å². The van der Waals surface area contributed by atoms with Gasteiger partial charge in [0.25, 0.3) is 0 Å². The van der Waals surface area contributed by atoms with Crippen LogP contribution in [0.1, 0.15) is 37.7 Å². The third-order valence-corrected chi connectivity index (χ3v) is 5.66. The lowest BCUT2D eigenvalue weighted by Crippen LogP contribution is -2.39. The number of likely N-dealkylation sites (tertiary alicyclic amines) is 1. The zero-order valence-corrected chi connectivity index (χ0v) is 14.1. The highest BCUT2D eigenvalue weighted by atomic mass is 16.5. The molecule has 1 aliphatic carbocycles. The molecule has 2 heterocycles. The molecule has 1 atom stereocenters. The number of nitrogens with one attached hydrogen (secondary N) is 1. The van der Waals surface area contributed by atoms with Crippen LogP contribution in [0.3, 0.4) is 0 Å². The normalized spacial score (nSPS) is 26.6. The Morgan fingerprint density at radius 3 is 2.96 bits per heavy atom. The molecule has 2 amide bonds. The second-order valence-corrected chi connectivity index (χ2v) is 7.41. The Hall–Kier alpha value is -1.75. The van der Waals surface area contributed by atoms with Crippen LogP contribution in [0.4, 0.5) is 4.79 Å². The van der Waals surface area contributed by atoms with Crippen LogP contribution >= 0.6 is 0 Å². The number of benzene rings is 1. The lowest BCUT2D eigenvalue weighted by Gasteiger charge is -2.27. The van der Waals surface area contributed by atoms with E-state index in [1.165, 1.54) is 6.42 Å². The van der Waals surface area contributed by atoms with Gasteiger partial charge in [0.1, 0.15) is 5.75 Å². The van der Waals surface area contributed by atoms with Crippen LogP contribution in [0.5, 0.6) is 5.75 Å². The number of nitrogens with zero attached hydrogens (tertiary/aromatic N) is 1. The van der Waals surface area contributed by atoms with E-state index in [1.54, 1.807) is 0 Å². The van der Waals surface area contributed by atoms with Crippen molar-refractivity contribution in [2.45, 2.75) is 44.8 Å². The predicted octanol–water partition coefficient (Wildman–Crippen LogP) is 2.94. The minimum Gasteiger partial charge on any atom is -0.490 e. The van der Waals surface area contributed by atoms with Gasteiger partial charge in [-0.2, -0.15) is 0 Å². The van der Waals surface area contributed by atoms with E-state index in [0.29, 0.717) is 12.6 Å². The van der Waals surface area contributed by atoms with Gasteiger partial charge in [0.05, 0.1) is 12.7 Å². The van der Waals surface area contributed by atoms with Crippen molar-refractivity contribution in [1.82, 2.24) is 10.2 Å². The molecular weight excluding hydrogens is 304 g/mol. The summed E-state index contributed by atoms with van der Waals surface area (Å²) in [4.78, 5) is 14.4. The Balaban J connectivity index is 1.32. The monoisotopic (exact) mass is 330 g/mol. The van der Waals surface area contributed by atoms with Gasteiger partial charge in [0.15, 0.2) is 0 Å². The van der Waals surface area contributed by atoms with Gasteiger partial charge < -0.3 is 19.7 Å². The molecule has 24 heavy (non-hydrogen) atoms. The van der Waals surface area contributed by atoms with Gasteiger partial charge in [-0.05, 0) is 38.2 Å². The van der Waals surface area contributed by atoms with E-state index >= 15 is 0 Å². The third-order valence-electron chi connectivity index (χ3n) is 5.66. The molecule has 3 fully saturated rings. The summed E-state index contributed by atoms with van der Waals surface area (Å²) in [5.74, 6) is 0.907. The summed E-state index contributed by atoms with van der Waals surface area (Å²) in [5.41, 5.74) is 1.26. The van der Waals surface area contributed by atoms with E-state index in [0.717, 1.165) is 63.3 Å². The topological polar surface area (TPSA) is 50.8 Å².